The van der Waals surface area contributed by atoms with Crippen LogP contribution in [0.3, 0.4) is 0 Å². The van der Waals surface area contributed by atoms with Crippen molar-refractivity contribution in [3.8, 4) is 0 Å². The van der Waals surface area contributed by atoms with E-state index in [9.17, 15) is 4.79 Å². The first kappa shape index (κ1) is 15.9. The lowest BCUT2D eigenvalue weighted by Gasteiger charge is -2.26. The zero-order valence-corrected chi connectivity index (χ0v) is 13.0. The van der Waals surface area contributed by atoms with Crippen molar-refractivity contribution in [1.29, 1.82) is 0 Å². The molecular formula is C16H17ClN2OS. The maximum atomic E-state index is 11.8. The molecule has 0 heterocycles. The van der Waals surface area contributed by atoms with E-state index in [0.29, 0.717) is 17.2 Å². The number of rotatable bonds is 6. The molecule has 0 radical (unpaired) electrons. The molecule has 0 fully saturated rings. The fourth-order valence-corrected chi connectivity index (χ4v) is 3.12. The molecule has 4 N–H and O–H groups in total. The predicted molar refractivity (Wildman–Crippen MR) is 88.3 cm³/mol. The SMILES string of the molecule is NC(=O)C(N)(CCSc1ccc(Cl)cc1)c1ccccc1. The van der Waals surface area contributed by atoms with Gasteiger partial charge in [-0.3, -0.25) is 4.79 Å². The third-order valence-electron chi connectivity index (χ3n) is 3.31. The van der Waals surface area contributed by atoms with E-state index in [0.717, 1.165) is 10.5 Å². The zero-order valence-electron chi connectivity index (χ0n) is 11.5. The molecule has 2 rings (SSSR count). The van der Waals surface area contributed by atoms with Gasteiger partial charge in [0.05, 0.1) is 0 Å². The van der Waals surface area contributed by atoms with Crippen molar-refractivity contribution in [3.05, 3.63) is 65.2 Å². The Morgan fingerprint density at radius 1 is 1.10 bits per heavy atom. The number of hydrogen-bond acceptors (Lipinski definition) is 3. The minimum Gasteiger partial charge on any atom is -0.368 e. The minimum atomic E-state index is -1.14. The van der Waals surface area contributed by atoms with Gasteiger partial charge in [-0.1, -0.05) is 41.9 Å². The average molecular weight is 321 g/mol. The first-order valence-electron chi connectivity index (χ1n) is 6.55. The quantitative estimate of drug-likeness (QED) is 0.803. The van der Waals surface area contributed by atoms with Crippen molar-refractivity contribution in [2.45, 2.75) is 16.9 Å². The number of benzene rings is 2. The maximum absolute atomic E-state index is 11.8. The molecule has 0 bridgehead atoms. The lowest BCUT2D eigenvalue weighted by molar-refractivity contribution is -0.123. The number of nitrogens with two attached hydrogens (primary N) is 2. The molecule has 3 nitrogen and oxygen atoms in total. The van der Waals surface area contributed by atoms with Crippen molar-refractivity contribution in [2.75, 3.05) is 5.75 Å². The van der Waals surface area contributed by atoms with Crippen LogP contribution >= 0.6 is 23.4 Å². The Bertz CT molecular complexity index is 603. The van der Waals surface area contributed by atoms with Crippen LogP contribution in [0.15, 0.2) is 59.5 Å². The van der Waals surface area contributed by atoms with Crippen LogP contribution in [-0.2, 0) is 10.3 Å². The Morgan fingerprint density at radius 2 is 1.71 bits per heavy atom. The van der Waals surface area contributed by atoms with Gasteiger partial charge in [0.1, 0.15) is 5.54 Å². The van der Waals surface area contributed by atoms with Gasteiger partial charge >= 0.3 is 0 Å². The second-order valence-corrected chi connectivity index (χ2v) is 6.36. The average Bonchev–Trinajstić information content (AvgIpc) is 2.50. The first-order valence-corrected chi connectivity index (χ1v) is 7.91. The zero-order chi connectivity index (χ0) is 15.3. The number of primary amides is 1. The molecule has 5 heteroatoms. The molecule has 0 saturated heterocycles. The lowest BCUT2D eigenvalue weighted by Crippen LogP contribution is -2.49. The molecule has 0 aromatic heterocycles. The summed E-state index contributed by atoms with van der Waals surface area (Å²) in [6.07, 6.45) is 0.472. The van der Waals surface area contributed by atoms with Gasteiger partial charge in [0.25, 0.3) is 0 Å². The summed E-state index contributed by atoms with van der Waals surface area (Å²) < 4.78 is 0. The first-order chi connectivity index (χ1) is 10.0. The Hall–Kier alpha value is -1.49. The van der Waals surface area contributed by atoms with Crippen molar-refractivity contribution in [2.24, 2.45) is 11.5 Å². The summed E-state index contributed by atoms with van der Waals surface area (Å²) in [7, 11) is 0. The highest BCUT2D eigenvalue weighted by atomic mass is 35.5. The molecule has 2 aromatic carbocycles. The van der Waals surface area contributed by atoms with E-state index in [1.54, 1.807) is 11.8 Å². The molecule has 1 unspecified atom stereocenters. The number of hydrogen-bond donors (Lipinski definition) is 2. The maximum Gasteiger partial charge on any atom is 0.242 e. The molecular weight excluding hydrogens is 304 g/mol. The lowest BCUT2D eigenvalue weighted by atomic mass is 9.88. The number of halogens is 1. The molecule has 0 aliphatic heterocycles. The van der Waals surface area contributed by atoms with Crippen LogP contribution in [0.25, 0.3) is 0 Å². The van der Waals surface area contributed by atoms with E-state index < -0.39 is 11.4 Å². The third kappa shape index (κ3) is 4.00. The van der Waals surface area contributed by atoms with Gasteiger partial charge in [-0.2, -0.15) is 0 Å². The normalized spacial score (nSPS) is 13.6. The van der Waals surface area contributed by atoms with Crippen molar-refractivity contribution in [1.82, 2.24) is 0 Å². The van der Waals surface area contributed by atoms with Gasteiger partial charge in [0, 0.05) is 15.7 Å². The Kier molecular flexibility index (Phi) is 5.28. The summed E-state index contributed by atoms with van der Waals surface area (Å²) in [5.41, 5.74) is 11.4. The number of carbonyl (C=O) groups is 1. The van der Waals surface area contributed by atoms with Gasteiger partial charge in [0.15, 0.2) is 0 Å². The minimum absolute atomic E-state index is 0.472. The highest BCUT2D eigenvalue weighted by molar-refractivity contribution is 7.99. The van der Waals surface area contributed by atoms with E-state index in [1.165, 1.54) is 0 Å². The Balaban J connectivity index is 2.04. The van der Waals surface area contributed by atoms with Gasteiger partial charge in [-0.25, -0.2) is 0 Å². The molecule has 110 valence electrons. The van der Waals surface area contributed by atoms with Gasteiger partial charge < -0.3 is 11.5 Å². The summed E-state index contributed by atoms with van der Waals surface area (Å²) in [4.78, 5) is 12.9. The molecule has 21 heavy (non-hydrogen) atoms. The Labute approximate surface area is 133 Å². The Morgan fingerprint density at radius 3 is 2.29 bits per heavy atom. The van der Waals surface area contributed by atoms with E-state index >= 15 is 0 Å². The monoisotopic (exact) mass is 320 g/mol. The highest BCUT2D eigenvalue weighted by Gasteiger charge is 2.33. The summed E-state index contributed by atoms with van der Waals surface area (Å²) in [5.74, 6) is 0.182. The van der Waals surface area contributed by atoms with Crippen LogP contribution < -0.4 is 11.5 Å². The molecule has 2 aromatic rings. The van der Waals surface area contributed by atoms with Gasteiger partial charge in [-0.05, 0) is 36.2 Å². The summed E-state index contributed by atoms with van der Waals surface area (Å²) in [6, 6.07) is 16.8. The molecule has 0 aliphatic rings. The summed E-state index contributed by atoms with van der Waals surface area (Å²) in [5, 5.41) is 0.703. The van der Waals surface area contributed by atoms with Crippen LogP contribution in [0, 0.1) is 0 Å². The van der Waals surface area contributed by atoms with E-state index in [4.69, 9.17) is 23.1 Å². The highest BCUT2D eigenvalue weighted by Crippen LogP contribution is 2.27. The molecule has 0 spiro atoms. The van der Waals surface area contributed by atoms with Crippen LogP contribution in [-0.4, -0.2) is 11.7 Å². The van der Waals surface area contributed by atoms with Gasteiger partial charge in [0.2, 0.25) is 5.91 Å². The predicted octanol–water partition coefficient (Wildman–Crippen LogP) is 3.16. The molecule has 1 atom stereocenters. The van der Waals surface area contributed by atoms with Crippen molar-refractivity contribution in [3.63, 3.8) is 0 Å². The molecule has 1 amide bonds. The number of thioether (sulfide) groups is 1. The smallest absolute Gasteiger partial charge is 0.242 e. The largest absolute Gasteiger partial charge is 0.368 e. The van der Waals surface area contributed by atoms with Crippen LogP contribution in [0.4, 0.5) is 0 Å². The second-order valence-electron chi connectivity index (χ2n) is 4.75. The fourth-order valence-electron chi connectivity index (χ4n) is 2.01. The topological polar surface area (TPSA) is 69.1 Å². The van der Waals surface area contributed by atoms with E-state index in [2.05, 4.69) is 0 Å². The van der Waals surface area contributed by atoms with Crippen molar-refractivity contribution < 1.29 is 4.79 Å². The van der Waals surface area contributed by atoms with Crippen LogP contribution in [0.5, 0.6) is 0 Å². The van der Waals surface area contributed by atoms with Gasteiger partial charge in [-0.15, -0.1) is 11.8 Å². The molecule has 0 aliphatic carbocycles. The van der Waals surface area contributed by atoms with E-state index in [-0.39, 0.29) is 0 Å². The fraction of sp³-hybridized carbons (Fsp3) is 0.188. The standard InChI is InChI=1S/C16H17ClN2OS/c17-13-6-8-14(9-7-13)21-11-10-16(19,15(18)20)12-4-2-1-3-5-12/h1-9H,10-11,19H2,(H2,18,20). The third-order valence-corrected chi connectivity index (χ3v) is 4.57. The number of amides is 1. The summed E-state index contributed by atoms with van der Waals surface area (Å²) in [6.45, 7) is 0. The molecule has 0 saturated carbocycles. The second kappa shape index (κ2) is 6.98. The van der Waals surface area contributed by atoms with Crippen LogP contribution in [0.1, 0.15) is 12.0 Å². The van der Waals surface area contributed by atoms with Crippen molar-refractivity contribution >= 4 is 29.3 Å². The van der Waals surface area contributed by atoms with Crippen LogP contribution in [0.2, 0.25) is 5.02 Å². The number of carbonyl (C=O) groups excluding carboxylic acids is 1. The van der Waals surface area contributed by atoms with E-state index in [1.807, 2.05) is 54.6 Å². The summed E-state index contributed by atoms with van der Waals surface area (Å²) >= 11 is 7.47.